The molecule has 19 heavy (non-hydrogen) atoms. The second-order valence-electron chi connectivity index (χ2n) is 3.43. The fourth-order valence-corrected chi connectivity index (χ4v) is 2.36. The summed E-state index contributed by atoms with van der Waals surface area (Å²) in [5, 5.41) is 1.38. The summed E-state index contributed by atoms with van der Waals surface area (Å²) in [7, 11) is -5.08. The van der Waals surface area contributed by atoms with Crippen LogP contribution in [0.3, 0.4) is 0 Å². The van der Waals surface area contributed by atoms with E-state index in [0.29, 0.717) is 6.07 Å². The van der Waals surface area contributed by atoms with Crippen molar-refractivity contribution in [2.75, 3.05) is 0 Å². The van der Waals surface area contributed by atoms with Crippen LogP contribution in [-0.4, -0.2) is 21.2 Å². The van der Waals surface area contributed by atoms with Gasteiger partial charge >= 0.3 is 12.8 Å². The summed E-state index contributed by atoms with van der Waals surface area (Å²) in [6.45, 7) is -3.39. The Bertz CT molecular complexity index is 543. The largest absolute Gasteiger partial charge is 0.434 e. The molecule has 0 spiro atoms. The summed E-state index contributed by atoms with van der Waals surface area (Å²) in [6, 6.07) is 3.68. The molecule has 0 aliphatic carbocycles. The summed E-state index contributed by atoms with van der Waals surface area (Å²) >= 11 is 0. The Kier molecular flexibility index (Phi) is 4.35. The SMILES string of the molecule is NS(=O)(=O)C(c1ccccc1OC(F)F)C(F)(F)F. The van der Waals surface area contributed by atoms with Crippen LogP contribution in [0.4, 0.5) is 22.0 Å². The maximum Gasteiger partial charge on any atom is 0.410 e. The van der Waals surface area contributed by atoms with Gasteiger partial charge in [0.05, 0.1) is 0 Å². The molecule has 4 nitrogen and oxygen atoms in total. The lowest BCUT2D eigenvalue weighted by atomic mass is 10.1. The normalized spacial score (nSPS) is 14.5. The zero-order chi connectivity index (χ0) is 14.8. The number of rotatable bonds is 4. The van der Waals surface area contributed by atoms with Crippen molar-refractivity contribution in [3.63, 3.8) is 0 Å². The first-order valence-corrected chi connectivity index (χ1v) is 6.26. The van der Waals surface area contributed by atoms with Crippen LogP contribution in [0.1, 0.15) is 10.8 Å². The Morgan fingerprint density at radius 1 is 1.16 bits per heavy atom. The topological polar surface area (TPSA) is 69.4 Å². The van der Waals surface area contributed by atoms with Gasteiger partial charge in [-0.2, -0.15) is 22.0 Å². The molecule has 0 amide bonds. The number of halogens is 5. The number of sulfonamides is 1. The molecule has 0 heterocycles. The maximum absolute atomic E-state index is 12.7. The molecule has 0 radical (unpaired) electrons. The smallest absolute Gasteiger partial charge is 0.410 e. The molecule has 2 N–H and O–H groups in total. The Balaban J connectivity index is 3.40. The van der Waals surface area contributed by atoms with Gasteiger partial charge in [-0.05, 0) is 6.07 Å². The van der Waals surface area contributed by atoms with E-state index in [1.807, 2.05) is 0 Å². The molecule has 0 aliphatic rings. The van der Waals surface area contributed by atoms with Gasteiger partial charge in [0.25, 0.3) is 0 Å². The van der Waals surface area contributed by atoms with E-state index < -0.39 is 39.4 Å². The van der Waals surface area contributed by atoms with Crippen LogP contribution < -0.4 is 9.88 Å². The lowest BCUT2D eigenvalue weighted by Gasteiger charge is -2.20. The highest BCUT2D eigenvalue weighted by atomic mass is 32.2. The van der Waals surface area contributed by atoms with E-state index in [4.69, 9.17) is 0 Å². The zero-order valence-electron chi connectivity index (χ0n) is 9.06. The van der Waals surface area contributed by atoms with Crippen molar-refractivity contribution in [3.8, 4) is 5.75 Å². The van der Waals surface area contributed by atoms with Crippen LogP contribution in [0.25, 0.3) is 0 Å². The van der Waals surface area contributed by atoms with Crippen LogP contribution in [0, 0.1) is 0 Å². The molecule has 10 heteroatoms. The summed E-state index contributed by atoms with van der Waals surface area (Å²) in [6.07, 6.45) is -5.25. The number of ether oxygens (including phenoxy) is 1. The quantitative estimate of drug-likeness (QED) is 0.867. The molecule has 1 unspecified atom stereocenters. The average Bonchev–Trinajstić information content (AvgIpc) is 2.15. The first kappa shape index (κ1) is 15.6. The molecule has 1 aromatic rings. The molecule has 1 rings (SSSR count). The Morgan fingerprint density at radius 3 is 2.11 bits per heavy atom. The van der Waals surface area contributed by atoms with Crippen LogP contribution in [0.15, 0.2) is 24.3 Å². The number of para-hydroxylation sites is 1. The van der Waals surface area contributed by atoms with Gasteiger partial charge in [0, 0.05) is 5.56 Å². The molecule has 0 saturated heterocycles. The van der Waals surface area contributed by atoms with E-state index in [1.165, 1.54) is 0 Å². The van der Waals surface area contributed by atoms with E-state index in [9.17, 15) is 30.4 Å². The second kappa shape index (κ2) is 5.29. The predicted molar refractivity (Wildman–Crippen MR) is 55.0 cm³/mol. The van der Waals surface area contributed by atoms with Crippen molar-refractivity contribution >= 4 is 10.0 Å². The van der Waals surface area contributed by atoms with Gasteiger partial charge in [-0.25, -0.2) is 13.6 Å². The molecule has 0 saturated carbocycles. The maximum atomic E-state index is 12.7. The molecule has 1 aromatic carbocycles. The van der Waals surface area contributed by atoms with E-state index in [0.717, 1.165) is 18.2 Å². The van der Waals surface area contributed by atoms with Gasteiger partial charge < -0.3 is 4.74 Å². The lowest BCUT2D eigenvalue weighted by Crippen LogP contribution is -2.33. The molecule has 1 atom stereocenters. The third-order valence-corrected chi connectivity index (χ3v) is 3.22. The Morgan fingerprint density at radius 2 is 1.68 bits per heavy atom. The van der Waals surface area contributed by atoms with Crippen molar-refractivity contribution in [2.45, 2.75) is 18.0 Å². The molecule has 0 bridgehead atoms. The number of hydrogen-bond donors (Lipinski definition) is 1. The van der Waals surface area contributed by atoms with Crippen LogP contribution in [-0.2, 0) is 10.0 Å². The average molecular weight is 305 g/mol. The predicted octanol–water partition coefficient (Wildman–Crippen LogP) is 2.18. The minimum atomic E-state index is -5.25. The number of primary sulfonamides is 1. The summed E-state index contributed by atoms with van der Waals surface area (Å²) in [4.78, 5) is 0. The standard InChI is InChI=1S/C9H8F5NO3S/c10-8(11)18-6-4-2-1-3-5(6)7(9(12,13)14)19(15,16)17/h1-4,7-8H,(H2,15,16,17). The summed E-state index contributed by atoms with van der Waals surface area (Å²) in [5.74, 6) is -0.895. The van der Waals surface area contributed by atoms with E-state index >= 15 is 0 Å². The zero-order valence-corrected chi connectivity index (χ0v) is 9.88. The molecule has 0 aromatic heterocycles. The van der Waals surface area contributed by atoms with Gasteiger partial charge in [-0.1, -0.05) is 18.2 Å². The van der Waals surface area contributed by atoms with Gasteiger partial charge in [-0.3, -0.25) is 0 Å². The van der Waals surface area contributed by atoms with Crippen molar-refractivity contribution in [2.24, 2.45) is 5.14 Å². The van der Waals surface area contributed by atoms with E-state index in [-0.39, 0.29) is 0 Å². The number of nitrogens with two attached hydrogens (primary N) is 1. The third kappa shape index (κ3) is 4.03. The third-order valence-electron chi connectivity index (χ3n) is 2.04. The highest BCUT2D eigenvalue weighted by Crippen LogP contribution is 2.41. The minimum Gasteiger partial charge on any atom is -0.434 e. The second-order valence-corrected chi connectivity index (χ2v) is 5.08. The number of hydrogen-bond acceptors (Lipinski definition) is 3. The first-order valence-electron chi connectivity index (χ1n) is 4.65. The molecular weight excluding hydrogens is 297 g/mol. The van der Waals surface area contributed by atoms with Gasteiger partial charge in [0.15, 0.2) is 5.25 Å². The lowest BCUT2D eigenvalue weighted by molar-refractivity contribution is -0.132. The minimum absolute atomic E-state index is 0.709. The van der Waals surface area contributed by atoms with E-state index in [1.54, 1.807) is 0 Å². The fourth-order valence-electron chi connectivity index (χ4n) is 1.44. The monoisotopic (exact) mass is 305 g/mol. The van der Waals surface area contributed by atoms with Gasteiger partial charge in [0.1, 0.15) is 5.75 Å². The van der Waals surface area contributed by atoms with Crippen molar-refractivity contribution in [1.29, 1.82) is 0 Å². The van der Waals surface area contributed by atoms with E-state index in [2.05, 4.69) is 9.88 Å². The Hall–Kier alpha value is -1.42. The fraction of sp³-hybridized carbons (Fsp3) is 0.333. The number of benzene rings is 1. The van der Waals surface area contributed by atoms with Crippen molar-refractivity contribution in [3.05, 3.63) is 29.8 Å². The Labute approximate surface area is 105 Å². The summed E-state index contributed by atoms with van der Waals surface area (Å²) < 4.78 is 88.2. The van der Waals surface area contributed by atoms with Crippen LogP contribution >= 0.6 is 0 Å². The van der Waals surface area contributed by atoms with Gasteiger partial charge in [-0.15, -0.1) is 0 Å². The highest BCUT2D eigenvalue weighted by molar-refractivity contribution is 7.89. The molecule has 0 aliphatic heterocycles. The molecule has 0 fully saturated rings. The van der Waals surface area contributed by atoms with Crippen LogP contribution in [0.5, 0.6) is 5.75 Å². The van der Waals surface area contributed by atoms with Gasteiger partial charge in [0.2, 0.25) is 10.0 Å². The molecule has 108 valence electrons. The first-order chi connectivity index (χ1) is 8.53. The molecular formula is C9H8F5NO3S. The van der Waals surface area contributed by atoms with Crippen molar-refractivity contribution in [1.82, 2.24) is 0 Å². The summed E-state index contributed by atoms with van der Waals surface area (Å²) in [5.41, 5.74) is -0.988. The highest BCUT2D eigenvalue weighted by Gasteiger charge is 2.49. The van der Waals surface area contributed by atoms with Crippen molar-refractivity contribution < 1.29 is 35.1 Å². The van der Waals surface area contributed by atoms with Crippen LogP contribution in [0.2, 0.25) is 0 Å². The number of alkyl halides is 5.